The number of benzene rings is 2. The molecule has 1 aliphatic heterocycles. The van der Waals surface area contributed by atoms with Crippen molar-refractivity contribution in [2.45, 2.75) is 19.5 Å². The number of hydrogen-bond acceptors (Lipinski definition) is 1. The average Bonchev–Trinajstić information content (AvgIpc) is 2.46. The Kier molecular flexibility index (Phi) is 3.98. The van der Waals surface area contributed by atoms with Crippen molar-refractivity contribution in [1.82, 2.24) is 0 Å². The summed E-state index contributed by atoms with van der Waals surface area (Å²) in [5.41, 5.74) is 4.27. The second-order valence-corrected chi connectivity index (χ2v) is 6.71. The zero-order valence-electron chi connectivity index (χ0n) is 13.1. The van der Waals surface area contributed by atoms with Crippen LogP contribution in [0.1, 0.15) is 17.5 Å². The van der Waals surface area contributed by atoms with E-state index in [0.29, 0.717) is 0 Å². The van der Waals surface area contributed by atoms with Crippen molar-refractivity contribution in [2.75, 3.05) is 32.1 Å². The van der Waals surface area contributed by atoms with Gasteiger partial charge in [-0.25, -0.2) is 0 Å². The molecule has 0 radical (unpaired) electrons. The molecule has 2 aromatic carbocycles. The van der Waals surface area contributed by atoms with Crippen LogP contribution in [-0.4, -0.2) is 31.7 Å². The number of fused-ring (bicyclic) bond motifs is 1. The van der Waals surface area contributed by atoms with E-state index in [4.69, 9.17) is 0 Å². The first-order valence-electron chi connectivity index (χ1n) is 7.83. The average molecular weight is 281 g/mol. The highest BCUT2D eigenvalue weighted by molar-refractivity contribution is 5.54. The fourth-order valence-corrected chi connectivity index (χ4v) is 3.27. The van der Waals surface area contributed by atoms with E-state index >= 15 is 0 Å². The fraction of sp³-hybridized carbons (Fsp3) is 0.368. The molecular formula is C19H25N2+. The second-order valence-electron chi connectivity index (χ2n) is 6.71. The number of hydrogen-bond donors (Lipinski definition) is 0. The van der Waals surface area contributed by atoms with Crippen molar-refractivity contribution in [3.63, 3.8) is 0 Å². The maximum Gasteiger partial charge on any atom is 0.106 e. The molecule has 0 bridgehead atoms. The van der Waals surface area contributed by atoms with Gasteiger partial charge in [0.1, 0.15) is 6.54 Å². The lowest BCUT2D eigenvalue weighted by molar-refractivity contribution is -0.903. The molecule has 0 unspecified atom stereocenters. The van der Waals surface area contributed by atoms with Crippen LogP contribution in [0.3, 0.4) is 0 Å². The number of rotatable bonds is 2. The minimum absolute atomic E-state index is 1.01. The zero-order chi connectivity index (χ0) is 14.7. The molecule has 3 rings (SSSR count). The number of nitrogens with zero attached hydrogens (tertiary/aromatic N) is 2. The third kappa shape index (κ3) is 3.45. The molecule has 0 saturated heterocycles. The van der Waals surface area contributed by atoms with Gasteiger partial charge in [-0.3, -0.25) is 0 Å². The Labute approximate surface area is 128 Å². The van der Waals surface area contributed by atoms with Gasteiger partial charge in [-0.2, -0.15) is 0 Å². The molecule has 110 valence electrons. The van der Waals surface area contributed by atoms with Gasteiger partial charge in [0, 0.05) is 30.8 Å². The Balaban J connectivity index is 1.91. The van der Waals surface area contributed by atoms with E-state index in [-0.39, 0.29) is 0 Å². The molecule has 0 atom stereocenters. The van der Waals surface area contributed by atoms with E-state index in [1.165, 1.54) is 29.8 Å². The number of para-hydroxylation sites is 1. The normalized spacial score (nSPS) is 17.7. The molecule has 0 amide bonds. The second kappa shape index (κ2) is 5.90. The van der Waals surface area contributed by atoms with E-state index in [1.807, 2.05) is 0 Å². The van der Waals surface area contributed by atoms with Crippen molar-refractivity contribution in [1.29, 1.82) is 0 Å². The smallest absolute Gasteiger partial charge is 0.106 e. The van der Waals surface area contributed by atoms with Gasteiger partial charge in [-0.05, 0) is 11.6 Å². The summed E-state index contributed by atoms with van der Waals surface area (Å²) >= 11 is 0. The molecule has 0 N–H and O–H groups in total. The van der Waals surface area contributed by atoms with Crippen LogP contribution in [0.25, 0.3) is 0 Å². The van der Waals surface area contributed by atoms with Crippen molar-refractivity contribution in [2.24, 2.45) is 0 Å². The third-order valence-corrected chi connectivity index (χ3v) is 4.34. The van der Waals surface area contributed by atoms with Crippen LogP contribution in [0.15, 0.2) is 54.6 Å². The SMILES string of the molecule is C[N+]1(C)CCCN(Cc2ccccc2)c2ccccc2C1. The van der Waals surface area contributed by atoms with Crippen LogP contribution in [0.2, 0.25) is 0 Å². The lowest BCUT2D eigenvalue weighted by Gasteiger charge is -2.37. The molecule has 2 heteroatoms. The topological polar surface area (TPSA) is 3.24 Å². The Bertz CT molecular complexity index is 590. The fourth-order valence-electron chi connectivity index (χ4n) is 3.27. The minimum atomic E-state index is 1.01. The molecule has 0 aromatic heterocycles. The van der Waals surface area contributed by atoms with E-state index in [2.05, 4.69) is 73.6 Å². The predicted molar refractivity (Wildman–Crippen MR) is 89.2 cm³/mol. The summed E-state index contributed by atoms with van der Waals surface area (Å²) in [6.07, 6.45) is 1.24. The maximum atomic E-state index is 2.55. The summed E-state index contributed by atoms with van der Waals surface area (Å²) in [6.45, 7) is 4.49. The summed E-state index contributed by atoms with van der Waals surface area (Å²) in [4.78, 5) is 2.55. The third-order valence-electron chi connectivity index (χ3n) is 4.34. The maximum absolute atomic E-state index is 2.55. The van der Waals surface area contributed by atoms with Gasteiger partial charge >= 0.3 is 0 Å². The van der Waals surface area contributed by atoms with E-state index < -0.39 is 0 Å². The quantitative estimate of drug-likeness (QED) is 0.759. The van der Waals surface area contributed by atoms with Crippen molar-refractivity contribution in [3.05, 3.63) is 65.7 Å². The molecule has 21 heavy (non-hydrogen) atoms. The van der Waals surface area contributed by atoms with Crippen molar-refractivity contribution in [3.8, 4) is 0 Å². The lowest BCUT2D eigenvalue weighted by atomic mass is 10.1. The molecule has 2 nitrogen and oxygen atoms in total. The number of quaternary nitrogens is 1. The zero-order valence-corrected chi connectivity index (χ0v) is 13.1. The van der Waals surface area contributed by atoms with Gasteiger partial charge in [0.15, 0.2) is 0 Å². The Morgan fingerprint density at radius 3 is 2.48 bits per heavy atom. The summed E-state index contributed by atoms with van der Waals surface area (Å²) in [5, 5.41) is 0. The molecular weight excluding hydrogens is 256 g/mol. The largest absolute Gasteiger partial charge is 0.367 e. The van der Waals surface area contributed by atoms with Gasteiger partial charge in [0.2, 0.25) is 0 Å². The highest BCUT2D eigenvalue weighted by Crippen LogP contribution is 2.27. The molecule has 0 fully saturated rings. The first-order chi connectivity index (χ1) is 10.1. The molecule has 0 spiro atoms. The first-order valence-corrected chi connectivity index (χ1v) is 7.83. The van der Waals surface area contributed by atoms with Crippen LogP contribution < -0.4 is 4.90 Å². The van der Waals surface area contributed by atoms with Gasteiger partial charge in [0.25, 0.3) is 0 Å². The summed E-state index contributed by atoms with van der Waals surface area (Å²) in [7, 11) is 4.67. The molecule has 1 heterocycles. The van der Waals surface area contributed by atoms with E-state index in [0.717, 1.165) is 24.1 Å². The summed E-state index contributed by atoms with van der Waals surface area (Å²) in [5.74, 6) is 0. The highest BCUT2D eigenvalue weighted by atomic mass is 15.3. The minimum Gasteiger partial charge on any atom is -0.367 e. The summed E-state index contributed by atoms with van der Waals surface area (Å²) < 4.78 is 1.08. The first kappa shape index (κ1) is 14.2. The van der Waals surface area contributed by atoms with Crippen LogP contribution in [0.5, 0.6) is 0 Å². The molecule has 0 aliphatic carbocycles. The van der Waals surface area contributed by atoms with E-state index in [9.17, 15) is 0 Å². The van der Waals surface area contributed by atoms with Crippen LogP contribution in [0.4, 0.5) is 5.69 Å². The van der Waals surface area contributed by atoms with Crippen LogP contribution in [0, 0.1) is 0 Å². The summed E-state index contributed by atoms with van der Waals surface area (Å²) in [6, 6.07) is 19.7. The number of anilines is 1. The van der Waals surface area contributed by atoms with Gasteiger partial charge in [0.05, 0.1) is 20.6 Å². The van der Waals surface area contributed by atoms with Crippen LogP contribution in [-0.2, 0) is 13.1 Å². The molecule has 2 aromatic rings. The van der Waals surface area contributed by atoms with E-state index in [1.54, 1.807) is 0 Å². The Morgan fingerprint density at radius 2 is 1.67 bits per heavy atom. The van der Waals surface area contributed by atoms with Crippen LogP contribution >= 0.6 is 0 Å². The van der Waals surface area contributed by atoms with Gasteiger partial charge < -0.3 is 9.38 Å². The monoisotopic (exact) mass is 281 g/mol. The van der Waals surface area contributed by atoms with Crippen molar-refractivity contribution < 1.29 is 4.48 Å². The Hall–Kier alpha value is -1.80. The predicted octanol–water partition coefficient (Wildman–Crippen LogP) is 3.67. The lowest BCUT2D eigenvalue weighted by Crippen LogP contribution is -2.43. The molecule has 1 aliphatic rings. The highest BCUT2D eigenvalue weighted by Gasteiger charge is 2.23. The Morgan fingerprint density at radius 1 is 0.952 bits per heavy atom. The molecule has 0 saturated carbocycles. The van der Waals surface area contributed by atoms with Gasteiger partial charge in [-0.1, -0.05) is 48.5 Å². The van der Waals surface area contributed by atoms with Gasteiger partial charge in [-0.15, -0.1) is 0 Å². The standard InChI is InChI=1S/C19H25N2/c1-21(2)14-8-13-20(15-17-9-4-3-5-10-17)19-12-7-6-11-18(19)16-21/h3-7,9-12H,8,13-16H2,1-2H3/q+1. The van der Waals surface area contributed by atoms with Crippen molar-refractivity contribution >= 4 is 5.69 Å².